The van der Waals surface area contributed by atoms with Crippen LogP contribution in [0.5, 0.6) is 0 Å². The van der Waals surface area contributed by atoms with Gasteiger partial charge in [0.1, 0.15) is 11.2 Å². The lowest BCUT2D eigenvalue weighted by atomic mass is 10.0. The molecule has 1 amide bonds. The fourth-order valence-corrected chi connectivity index (χ4v) is 1.86. The Hall–Kier alpha value is -1.62. The number of nitrogens with one attached hydrogen (secondary N) is 1. The number of amides is 1. The molecule has 0 aliphatic carbocycles. The molecule has 0 spiro atoms. The molecule has 1 atom stereocenters. The van der Waals surface area contributed by atoms with Crippen LogP contribution in [-0.4, -0.2) is 30.0 Å². The molecule has 1 aromatic rings. The van der Waals surface area contributed by atoms with Gasteiger partial charge in [0, 0.05) is 11.3 Å². The maximum atomic E-state index is 12.1. The van der Waals surface area contributed by atoms with Crippen LogP contribution in [0.1, 0.15) is 29.9 Å². The summed E-state index contributed by atoms with van der Waals surface area (Å²) in [4.78, 5) is 27.6. The van der Waals surface area contributed by atoms with Crippen LogP contribution in [0.25, 0.3) is 0 Å². The van der Waals surface area contributed by atoms with E-state index < -0.39 is 12.0 Å². The highest BCUT2D eigenvalue weighted by Gasteiger charge is 2.25. The van der Waals surface area contributed by atoms with E-state index in [0.29, 0.717) is 11.3 Å². The summed E-state index contributed by atoms with van der Waals surface area (Å²) in [5, 5.41) is 2.88. The minimum absolute atomic E-state index is 0.0743. The average molecular weight is 285 g/mol. The van der Waals surface area contributed by atoms with E-state index in [0.717, 1.165) is 0 Å². The van der Waals surface area contributed by atoms with E-state index in [-0.39, 0.29) is 17.0 Å². The topological polar surface area (TPSA) is 68.3 Å². The zero-order valence-corrected chi connectivity index (χ0v) is 12.1. The predicted octanol–water partition coefficient (Wildman–Crippen LogP) is 1.97. The summed E-state index contributed by atoms with van der Waals surface area (Å²) in [6.07, 6.45) is 0. The van der Waals surface area contributed by atoms with Gasteiger partial charge in [-0.15, -0.1) is 0 Å². The Morgan fingerprint density at radius 2 is 2.00 bits per heavy atom. The van der Waals surface area contributed by atoms with Gasteiger partial charge >= 0.3 is 5.97 Å². The molecule has 0 aromatic carbocycles. The summed E-state index contributed by atoms with van der Waals surface area (Å²) in [5.41, 5.74) is 1.00. The fraction of sp³-hybridized carbons (Fsp3) is 0.462. The number of aromatic nitrogens is 1. The largest absolute Gasteiger partial charge is 0.467 e. The van der Waals surface area contributed by atoms with Crippen LogP contribution in [0.15, 0.2) is 12.1 Å². The molecule has 0 aliphatic rings. The van der Waals surface area contributed by atoms with Gasteiger partial charge in [0.2, 0.25) is 0 Å². The number of carbonyl (C=O) groups excluding carboxylic acids is 2. The molecule has 0 radical (unpaired) electrons. The number of rotatable bonds is 4. The number of pyridine rings is 1. The fourth-order valence-electron chi connectivity index (χ4n) is 1.61. The quantitative estimate of drug-likeness (QED) is 0.678. The van der Waals surface area contributed by atoms with Gasteiger partial charge in [-0.1, -0.05) is 25.4 Å². The third kappa shape index (κ3) is 4.21. The number of esters is 1. The molecule has 1 heterocycles. The summed E-state index contributed by atoms with van der Waals surface area (Å²) in [6.45, 7) is 5.39. The molecule has 19 heavy (non-hydrogen) atoms. The number of aryl methyl sites for hydroxylation is 1. The monoisotopic (exact) mass is 284 g/mol. The zero-order valence-electron chi connectivity index (χ0n) is 11.4. The first-order valence-electron chi connectivity index (χ1n) is 5.88. The zero-order chi connectivity index (χ0) is 14.6. The van der Waals surface area contributed by atoms with Gasteiger partial charge in [0.15, 0.2) is 0 Å². The lowest BCUT2D eigenvalue weighted by molar-refractivity contribution is -0.144. The first-order valence-corrected chi connectivity index (χ1v) is 6.25. The Bertz CT molecular complexity index is 469. The second kappa shape index (κ2) is 6.52. The molecule has 0 saturated carbocycles. The van der Waals surface area contributed by atoms with E-state index in [2.05, 4.69) is 15.0 Å². The molecule has 1 rings (SSSR count). The van der Waals surface area contributed by atoms with Crippen molar-refractivity contribution < 1.29 is 14.3 Å². The Morgan fingerprint density at radius 3 is 2.47 bits per heavy atom. The van der Waals surface area contributed by atoms with Crippen molar-refractivity contribution in [3.63, 3.8) is 0 Å². The molecule has 0 bridgehead atoms. The smallest absolute Gasteiger partial charge is 0.328 e. The lowest BCUT2D eigenvalue weighted by Crippen LogP contribution is -2.45. The average Bonchev–Trinajstić information content (AvgIpc) is 2.33. The van der Waals surface area contributed by atoms with Crippen molar-refractivity contribution in [3.8, 4) is 0 Å². The predicted molar refractivity (Wildman–Crippen MR) is 72.1 cm³/mol. The van der Waals surface area contributed by atoms with E-state index in [1.165, 1.54) is 13.2 Å². The van der Waals surface area contributed by atoms with Gasteiger partial charge < -0.3 is 10.1 Å². The van der Waals surface area contributed by atoms with Crippen LogP contribution in [0.4, 0.5) is 0 Å². The second-order valence-corrected chi connectivity index (χ2v) is 4.93. The Balaban J connectivity index is 2.90. The van der Waals surface area contributed by atoms with Gasteiger partial charge in [-0.3, -0.25) is 4.79 Å². The third-order valence-corrected chi connectivity index (χ3v) is 2.79. The number of hydrogen-bond acceptors (Lipinski definition) is 4. The molecule has 6 heteroatoms. The summed E-state index contributed by atoms with van der Waals surface area (Å²) in [7, 11) is 1.29. The molecule has 104 valence electrons. The van der Waals surface area contributed by atoms with Crippen molar-refractivity contribution in [3.05, 3.63) is 28.5 Å². The molecular formula is C13H17ClN2O3. The molecule has 1 unspecified atom stereocenters. The normalized spacial score (nSPS) is 12.1. The molecule has 0 saturated heterocycles. The Kier molecular flexibility index (Phi) is 5.30. The number of hydrogen-bond donors (Lipinski definition) is 1. The van der Waals surface area contributed by atoms with Gasteiger partial charge in [0.25, 0.3) is 5.91 Å². The standard InChI is InChI=1S/C13H17ClN2O3/c1-7(2)11(13(18)19-4)16-12(17)9-5-8(3)15-10(14)6-9/h5-7,11H,1-4H3,(H,16,17). The van der Waals surface area contributed by atoms with Crippen LogP contribution in [0, 0.1) is 12.8 Å². The number of halogens is 1. The first kappa shape index (κ1) is 15.4. The number of nitrogens with zero attached hydrogens (tertiary/aromatic N) is 1. The maximum Gasteiger partial charge on any atom is 0.328 e. The number of ether oxygens (including phenoxy) is 1. The lowest BCUT2D eigenvalue weighted by Gasteiger charge is -2.19. The molecule has 5 nitrogen and oxygen atoms in total. The summed E-state index contributed by atoms with van der Waals surface area (Å²) < 4.78 is 4.67. The highest BCUT2D eigenvalue weighted by atomic mass is 35.5. The molecule has 0 aliphatic heterocycles. The first-order chi connectivity index (χ1) is 8.85. The minimum atomic E-state index is -0.690. The van der Waals surface area contributed by atoms with Crippen molar-refractivity contribution in [1.29, 1.82) is 0 Å². The van der Waals surface area contributed by atoms with Crippen LogP contribution < -0.4 is 5.32 Å². The van der Waals surface area contributed by atoms with E-state index in [4.69, 9.17) is 11.6 Å². The van der Waals surface area contributed by atoms with E-state index in [1.807, 2.05) is 13.8 Å². The third-order valence-electron chi connectivity index (χ3n) is 2.59. The second-order valence-electron chi connectivity index (χ2n) is 4.54. The SMILES string of the molecule is COC(=O)C(NC(=O)c1cc(C)nc(Cl)c1)C(C)C. The Labute approximate surface area is 117 Å². The van der Waals surface area contributed by atoms with Crippen molar-refractivity contribution in [2.75, 3.05) is 7.11 Å². The molecule has 0 fully saturated rings. The van der Waals surface area contributed by atoms with Crippen LogP contribution in [0.3, 0.4) is 0 Å². The van der Waals surface area contributed by atoms with E-state index in [9.17, 15) is 9.59 Å². The van der Waals surface area contributed by atoms with E-state index in [1.54, 1.807) is 13.0 Å². The van der Waals surface area contributed by atoms with Crippen molar-refractivity contribution in [2.24, 2.45) is 5.92 Å². The Morgan fingerprint density at radius 1 is 1.37 bits per heavy atom. The van der Waals surface area contributed by atoms with E-state index >= 15 is 0 Å². The van der Waals surface area contributed by atoms with Crippen LogP contribution >= 0.6 is 11.6 Å². The number of methoxy groups -OCH3 is 1. The van der Waals surface area contributed by atoms with Crippen molar-refractivity contribution >= 4 is 23.5 Å². The highest BCUT2D eigenvalue weighted by molar-refractivity contribution is 6.29. The molecule has 1 N–H and O–H groups in total. The van der Waals surface area contributed by atoms with Gasteiger partial charge in [-0.25, -0.2) is 9.78 Å². The minimum Gasteiger partial charge on any atom is -0.467 e. The van der Waals surface area contributed by atoms with Crippen molar-refractivity contribution in [2.45, 2.75) is 26.8 Å². The van der Waals surface area contributed by atoms with Gasteiger partial charge in [-0.2, -0.15) is 0 Å². The maximum absolute atomic E-state index is 12.1. The van der Waals surface area contributed by atoms with Gasteiger partial charge in [0.05, 0.1) is 7.11 Å². The number of carbonyl (C=O) groups is 2. The van der Waals surface area contributed by atoms with Gasteiger partial charge in [-0.05, 0) is 25.0 Å². The van der Waals surface area contributed by atoms with Crippen LogP contribution in [0.2, 0.25) is 5.15 Å². The summed E-state index contributed by atoms with van der Waals surface area (Å²) >= 11 is 5.80. The molecule has 1 aromatic heterocycles. The summed E-state index contributed by atoms with van der Waals surface area (Å²) in [5.74, 6) is -0.925. The highest BCUT2D eigenvalue weighted by Crippen LogP contribution is 2.12. The summed E-state index contributed by atoms with van der Waals surface area (Å²) in [6, 6.07) is 2.37. The van der Waals surface area contributed by atoms with Crippen molar-refractivity contribution in [1.82, 2.24) is 10.3 Å². The van der Waals surface area contributed by atoms with Crippen LogP contribution in [-0.2, 0) is 9.53 Å². The molecular weight excluding hydrogens is 268 g/mol.